The maximum absolute atomic E-state index is 8.66. The predicted octanol–water partition coefficient (Wildman–Crippen LogP) is 14.2. The van der Waals surface area contributed by atoms with Crippen LogP contribution in [0.25, 0.3) is 72.7 Å². The van der Waals surface area contributed by atoms with Crippen molar-refractivity contribution in [3.63, 3.8) is 0 Å². The smallest absolute Gasteiger partial charge is 0.665 e. The molecule has 0 saturated heterocycles. The molecule has 0 bridgehead atoms. The van der Waals surface area contributed by atoms with Gasteiger partial charge < -0.3 is 4.74 Å². The zero-order chi connectivity index (χ0) is 47.8. The van der Waals surface area contributed by atoms with Crippen LogP contribution >= 0.6 is 0 Å². The van der Waals surface area contributed by atoms with E-state index in [1.165, 1.54) is 0 Å². The molecule has 4 nitrogen and oxygen atoms in total. The number of fused-ring (bicyclic) bond motifs is 1. The zero-order valence-electron chi connectivity index (χ0n) is 42.6. The van der Waals surface area contributed by atoms with Crippen molar-refractivity contribution >= 4 is 11.0 Å². The topological polar surface area (TPSA) is 39.9 Å². The third-order valence-corrected chi connectivity index (χ3v) is 10.6. The normalized spacial score (nSPS) is 13.9. The van der Waals surface area contributed by atoms with Crippen LogP contribution in [0.4, 0.5) is 0 Å². The molecule has 2 aromatic heterocycles. The minimum atomic E-state index is -2.36. The summed E-state index contributed by atoms with van der Waals surface area (Å²) in [6.45, 7) is 14.5. The molecule has 0 spiro atoms. The average Bonchev–Trinajstić information content (AvgIpc) is 3.66. The molecule has 0 N–H and O–H groups in total. The fraction of sp³-hybridized carbons (Fsp3) is 0.204. The van der Waals surface area contributed by atoms with Gasteiger partial charge in [0.15, 0.2) is 0 Å². The Morgan fingerprint density at radius 3 is 2.10 bits per heavy atom. The maximum atomic E-state index is 8.66. The Hall–Kier alpha value is -5.57. The van der Waals surface area contributed by atoms with E-state index >= 15 is 0 Å². The van der Waals surface area contributed by atoms with E-state index in [4.69, 9.17) is 25.7 Å². The maximum Gasteiger partial charge on any atom is 2.00 e. The van der Waals surface area contributed by atoms with Gasteiger partial charge in [-0.1, -0.05) is 143 Å². The van der Waals surface area contributed by atoms with Crippen molar-refractivity contribution in [2.24, 2.45) is 0 Å². The van der Waals surface area contributed by atoms with Crippen molar-refractivity contribution < 1.29 is 36.8 Å². The summed E-state index contributed by atoms with van der Waals surface area (Å²) < 4.78 is 75.2. The predicted molar refractivity (Wildman–Crippen MR) is 242 cm³/mol. The minimum Gasteiger partial charge on any atom is -0.665 e. The van der Waals surface area contributed by atoms with Crippen LogP contribution < -0.4 is 4.74 Å². The van der Waals surface area contributed by atoms with Gasteiger partial charge >= 0.3 is 21.1 Å². The SMILES string of the molecule is [2H]c1c([2H])c([2H])c(-c2ccnc(-c3[c-]c(-c4cccc5c4nc(-c4cc(C)cc(C)c4O[CH2-])n5-c4ccc(C([2H])([2H])[2H])cc4-c4ccc(C(C)(C)C)cc4)cc(C(C)(C)C)c3)c2)c([2H])c1[2H].[Pt+2]. The summed E-state index contributed by atoms with van der Waals surface area (Å²) in [7, 11) is 3.85. The van der Waals surface area contributed by atoms with Crippen LogP contribution in [0.15, 0.2) is 133 Å². The largest absolute Gasteiger partial charge is 2.00 e. The van der Waals surface area contributed by atoms with E-state index in [0.29, 0.717) is 45.0 Å². The number of aromatic nitrogens is 3. The number of para-hydroxylation sites is 1. The molecule has 8 rings (SSSR count). The third kappa shape index (κ3) is 8.21. The van der Waals surface area contributed by atoms with Crippen molar-refractivity contribution in [1.29, 1.82) is 0 Å². The number of benzene rings is 6. The van der Waals surface area contributed by atoms with Crippen LogP contribution in [0.5, 0.6) is 5.75 Å². The standard InChI is InChI=1S/C54H51N3O.Pt/c1-34-19-24-48(45(28-34)38-20-22-42(23-21-38)53(4,5)6)57-49-18-14-17-44(50(49)56-52(57)46-29-35(2)27-36(3)51(46)58-10)40-30-41(32-43(31-40)54(7,8)9)47-33-39(25-26-55-47)37-15-12-11-13-16-37;/h11-29,31-33H,10H2,1-9H3;/q-2;+2/i1D3,11D,12D,13D,15D,16D;. The molecule has 0 aliphatic rings. The average molecular weight is 961 g/mol. The molecule has 0 aliphatic carbocycles. The van der Waals surface area contributed by atoms with Crippen molar-refractivity contribution in [2.45, 2.75) is 73.1 Å². The fourth-order valence-corrected chi connectivity index (χ4v) is 7.58. The molecule has 298 valence electrons. The van der Waals surface area contributed by atoms with Gasteiger partial charge in [-0.05, 0) is 95.2 Å². The second kappa shape index (κ2) is 16.2. The van der Waals surface area contributed by atoms with E-state index in [0.717, 1.165) is 50.1 Å². The van der Waals surface area contributed by atoms with Crippen molar-refractivity contribution in [3.05, 3.63) is 174 Å². The summed E-state index contributed by atoms with van der Waals surface area (Å²) in [6, 6.07) is 32.9. The Bertz CT molecular complexity index is 3190. The van der Waals surface area contributed by atoms with Gasteiger partial charge in [0.2, 0.25) is 0 Å². The first-order valence-corrected chi connectivity index (χ1v) is 19.4. The number of imidazole rings is 1. The number of nitrogens with zero attached hydrogens (tertiary/aromatic N) is 3. The van der Waals surface area contributed by atoms with E-state index in [2.05, 4.69) is 77.5 Å². The van der Waals surface area contributed by atoms with E-state index in [1.54, 1.807) is 30.5 Å². The zero-order valence-corrected chi connectivity index (χ0v) is 36.9. The number of aryl methyl sites for hydroxylation is 3. The van der Waals surface area contributed by atoms with Gasteiger partial charge in [0.05, 0.1) is 34.9 Å². The molecular formula is C54H51N3OPt. The molecule has 6 aromatic carbocycles. The number of ether oxygens (including phenoxy) is 1. The minimum absolute atomic E-state index is 0. The molecule has 0 aliphatic heterocycles. The molecule has 0 saturated carbocycles. The summed E-state index contributed by atoms with van der Waals surface area (Å²) in [6.07, 6.45) is 1.58. The van der Waals surface area contributed by atoms with Crippen molar-refractivity contribution in [2.75, 3.05) is 0 Å². The van der Waals surface area contributed by atoms with Gasteiger partial charge in [-0.3, -0.25) is 9.55 Å². The Morgan fingerprint density at radius 1 is 0.695 bits per heavy atom. The summed E-state index contributed by atoms with van der Waals surface area (Å²) in [4.78, 5) is 10.2. The van der Waals surface area contributed by atoms with Gasteiger partial charge in [-0.25, -0.2) is 4.98 Å². The van der Waals surface area contributed by atoms with Crippen molar-refractivity contribution in [1.82, 2.24) is 14.5 Å². The number of rotatable bonds is 7. The van der Waals surface area contributed by atoms with Gasteiger partial charge in [0.25, 0.3) is 0 Å². The van der Waals surface area contributed by atoms with E-state index in [1.807, 2.05) is 68.4 Å². The van der Waals surface area contributed by atoms with Crippen LogP contribution in [0.2, 0.25) is 0 Å². The van der Waals surface area contributed by atoms with Crippen LogP contribution in [-0.4, -0.2) is 14.5 Å². The molecule has 2 heterocycles. The first-order chi connectivity index (χ1) is 31.0. The summed E-state index contributed by atoms with van der Waals surface area (Å²) in [5, 5.41) is 0. The van der Waals surface area contributed by atoms with Crippen LogP contribution in [0, 0.1) is 33.9 Å². The van der Waals surface area contributed by atoms with Crippen LogP contribution in [0.1, 0.15) is 80.3 Å². The number of pyridine rings is 1. The van der Waals surface area contributed by atoms with Crippen LogP contribution in [-0.2, 0) is 31.9 Å². The first kappa shape index (κ1) is 32.3. The van der Waals surface area contributed by atoms with E-state index < -0.39 is 25.0 Å². The second-order valence-electron chi connectivity index (χ2n) is 17.0. The molecule has 0 unspecified atom stereocenters. The molecular weight excluding hydrogens is 902 g/mol. The summed E-state index contributed by atoms with van der Waals surface area (Å²) in [5.74, 6) is 1.12. The fourth-order valence-electron chi connectivity index (χ4n) is 7.58. The Labute approximate surface area is 375 Å². The molecule has 0 atom stereocenters. The monoisotopic (exact) mass is 960 g/mol. The van der Waals surface area contributed by atoms with Gasteiger partial charge in [-0.2, -0.15) is 7.11 Å². The third-order valence-electron chi connectivity index (χ3n) is 10.6. The summed E-state index contributed by atoms with van der Waals surface area (Å²) >= 11 is 0. The Kier molecular flexibility index (Phi) is 8.89. The molecule has 5 heteroatoms. The van der Waals surface area contributed by atoms with Gasteiger partial charge in [0, 0.05) is 21.6 Å². The first-order valence-electron chi connectivity index (χ1n) is 23.4. The number of hydrogen-bond acceptors (Lipinski definition) is 3. The molecule has 59 heavy (non-hydrogen) atoms. The number of hydrogen-bond donors (Lipinski definition) is 0. The van der Waals surface area contributed by atoms with E-state index in [9.17, 15) is 0 Å². The van der Waals surface area contributed by atoms with Crippen molar-refractivity contribution in [3.8, 4) is 67.5 Å². The quantitative estimate of drug-likeness (QED) is 0.149. The van der Waals surface area contributed by atoms with Gasteiger partial charge in [0.1, 0.15) is 5.82 Å². The molecule has 8 aromatic rings. The van der Waals surface area contributed by atoms with Gasteiger partial charge in [-0.15, -0.1) is 29.3 Å². The Morgan fingerprint density at radius 2 is 1.41 bits per heavy atom. The molecule has 0 fully saturated rings. The molecule has 0 radical (unpaired) electrons. The van der Waals surface area contributed by atoms with E-state index in [-0.39, 0.29) is 55.1 Å². The Balaban J connectivity index is 0.00000666. The molecule has 0 amide bonds. The second-order valence-corrected chi connectivity index (χ2v) is 17.0. The summed E-state index contributed by atoms with van der Waals surface area (Å²) in [5.41, 5.74) is 11.4. The van der Waals surface area contributed by atoms with Crippen LogP contribution in [0.3, 0.4) is 0 Å².